The number of carbonyl (C=O) groups is 1. The van der Waals surface area contributed by atoms with Crippen LogP contribution in [-0.2, 0) is 11.2 Å². The quantitative estimate of drug-likeness (QED) is 0.264. The van der Waals surface area contributed by atoms with E-state index in [-0.39, 0.29) is 19.1 Å². The number of nitrogens with one attached hydrogen (secondary N) is 1. The highest BCUT2D eigenvalue weighted by Crippen LogP contribution is 2.40. The number of β-amino-alcohol motifs (C(OH)–C–C–N with tert-alkyl or cyclic N) is 1. The van der Waals surface area contributed by atoms with Crippen molar-refractivity contribution in [2.24, 2.45) is 5.73 Å². The van der Waals surface area contributed by atoms with E-state index in [0.717, 1.165) is 19.4 Å². The molecule has 1 atom stereocenters. The third-order valence-corrected chi connectivity index (χ3v) is 6.71. The minimum absolute atomic E-state index is 0.0280. The molecule has 4 aromatic rings. The van der Waals surface area contributed by atoms with Crippen molar-refractivity contribution < 1.29 is 23.8 Å². The molecule has 5 rings (SSSR count). The molecule has 39 heavy (non-hydrogen) atoms. The van der Waals surface area contributed by atoms with Crippen molar-refractivity contribution in [1.29, 1.82) is 0 Å². The molecular weight excluding hydrogens is 505 g/mol. The number of methoxy groups -OCH3 is 1. The van der Waals surface area contributed by atoms with Crippen LogP contribution in [0.5, 0.6) is 11.5 Å². The second kappa shape index (κ2) is 11.6. The lowest BCUT2D eigenvalue weighted by Crippen LogP contribution is -2.36. The lowest BCUT2D eigenvalue weighted by Gasteiger charge is -2.25. The van der Waals surface area contributed by atoms with E-state index in [1.165, 1.54) is 18.5 Å². The molecule has 1 saturated heterocycles. The van der Waals surface area contributed by atoms with E-state index < -0.39 is 11.7 Å². The summed E-state index contributed by atoms with van der Waals surface area (Å²) >= 11 is 0. The zero-order valence-corrected chi connectivity index (χ0v) is 21.5. The molecule has 12 heteroatoms. The fourth-order valence-corrected chi connectivity index (χ4v) is 4.91. The molecule has 11 nitrogen and oxygen atoms in total. The number of fused-ring (bicyclic) bond motifs is 1. The lowest BCUT2D eigenvalue weighted by atomic mass is 10.1. The van der Waals surface area contributed by atoms with Gasteiger partial charge in [-0.3, -0.25) is 19.7 Å². The van der Waals surface area contributed by atoms with Crippen molar-refractivity contribution >= 4 is 34.1 Å². The van der Waals surface area contributed by atoms with Gasteiger partial charge in [0, 0.05) is 35.8 Å². The molecule has 1 fully saturated rings. The molecule has 2 aromatic carbocycles. The van der Waals surface area contributed by atoms with Crippen LogP contribution >= 0.6 is 0 Å². The minimum Gasteiger partial charge on any atom is -0.493 e. The average molecular weight is 536 g/mol. The highest BCUT2D eigenvalue weighted by atomic mass is 19.1. The van der Waals surface area contributed by atoms with Crippen LogP contribution in [0.4, 0.5) is 21.7 Å². The summed E-state index contributed by atoms with van der Waals surface area (Å²) in [6, 6.07) is 11.5. The zero-order valence-electron chi connectivity index (χ0n) is 21.5. The van der Waals surface area contributed by atoms with E-state index in [4.69, 9.17) is 15.2 Å². The first-order valence-corrected chi connectivity index (χ1v) is 12.7. The molecule has 1 aliphatic heterocycles. The van der Waals surface area contributed by atoms with E-state index >= 15 is 0 Å². The lowest BCUT2D eigenvalue weighted by molar-refractivity contribution is -0.117. The van der Waals surface area contributed by atoms with Gasteiger partial charge in [-0.25, -0.2) is 14.4 Å². The van der Waals surface area contributed by atoms with Gasteiger partial charge >= 0.3 is 0 Å². The monoisotopic (exact) mass is 535 g/mol. The Kier molecular flexibility index (Phi) is 7.84. The van der Waals surface area contributed by atoms with Crippen LogP contribution in [-0.4, -0.2) is 75.5 Å². The number of amides is 1. The molecule has 3 heterocycles. The number of anilines is 3. The number of carbonyl (C=O) groups excluding carboxylic acids is 1. The Bertz CT molecular complexity index is 1460. The number of rotatable bonds is 11. The Morgan fingerprint density at radius 1 is 1.26 bits per heavy atom. The fourth-order valence-electron chi connectivity index (χ4n) is 4.91. The van der Waals surface area contributed by atoms with Crippen molar-refractivity contribution in [3.8, 4) is 11.5 Å². The number of likely N-dealkylation sites (tertiary alicyclic amines) is 1. The maximum absolute atomic E-state index is 14.3. The average Bonchev–Trinajstić information content (AvgIpc) is 3.56. The number of primary amides is 1. The third-order valence-electron chi connectivity index (χ3n) is 6.71. The molecule has 0 unspecified atom stereocenters. The molecule has 4 N–H and O–H groups in total. The maximum Gasteiger partial charge on any atom is 0.223 e. The van der Waals surface area contributed by atoms with E-state index in [1.54, 1.807) is 42.3 Å². The summed E-state index contributed by atoms with van der Waals surface area (Å²) in [4.78, 5) is 24.3. The molecule has 1 amide bonds. The van der Waals surface area contributed by atoms with Crippen LogP contribution in [0.15, 0.2) is 48.8 Å². The molecule has 1 aliphatic rings. The van der Waals surface area contributed by atoms with E-state index in [0.29, 0.717) is 58.6 Å². The summed E-state index contributed by atoms with van der Waals surface area (Å²) < 4.78 is 26.2. The summed E-state index contributed by atoms with van der Waals surface area (Å²) in [5.41, 5.74) is 6.91. The maximum atomic E-state index is 14.3. The predicted octanol–water partition coefficient (Wildman–Crippen LogP) is 2.83. The Labute approximate surface area is 224 Å². The van der Waals surface area contributed by atoms with Crippen LogP contribution in [0.2, 0.25) is 0 Å². The Hall–Kier alpha value is -4.29. The summed E-state index contributed by atoms with van der Waals surface area (Å²) in [5.74, 6) is 0.898. The van der Waals surface area contributed by atoms with Crippen LogP contribution < -0.4 is 20.1 Å². The molecule has 0 radical (unpaired) electrons. The summed E-state index contributed by atoms with van der Waals surface area (Å²) in [6.07, 6.45) is 3.44. The minimum atomic E-state index is -0.510. The van der Waals surface area contributed by atoms with Crippen LogP contribution in [0, 0.1) is 5.82 Å². The zero-order chi connectivity index (χ0) is 27.4. The first-order chi connectivity index (χ1) is 19.0. The number of aliphatic hydroxyl groups is 1. The van der Waals surface area contributed by atoms with Gasteiger partial charge in [0.15, 0.2) is 17.3 Å². The molecule has 2 aromatic heterocycles. The smallest absolute Gasteiger partial charge is 0.223 e. The molecule has 204 valence electrons. The SMILES string of the molecule is COc1cc2c(N(c3cccc(F)c3)c3cc(CC(N)=O)[nH]n3)ncnc2cc1OC[C@H]1CCCN1CCO. The fraction of sp³-hybridized carbons (Fsp3) is 0.333. The van der Waals surface area contributed by atoms with Gasteiger partial charge in [-0.05, 0) is 43.7 Å². The topological polar surface area (TPSA) is 143 Å². The highest BCUT2D eigenvalue weighted by molar-refractivity contribution is 5.96. The number of benzene rings is 2. The van der Waals surface area contributed by atoms with Crippen molar-refractivity contribution in [2.45, 2.75) is 25.3 Å². The summed E-state index contributed by atoms with van der Waals surface area (Å²) in [5, 5.41) is 17.1. The summed E-state index contributed by atoms with van der Waals surface area (Å²) in [6.45, 7) is 2.11. The number of halogens is 1. The van der Waals surface area contributed by atoms with E-state index in [1.807, 2.05) is 0 Å². The number of ether oxygens (including phenoxy) is 2. The van der Waals surface area contributed by atoms with Crippen molar-refractivity contribution in [1.82, 2.24) is 25.1 Å². The molecule has 0 aliphatic carbocycles. The van der Waals surface area contributed by atoms with Crippen LogP contribution in [0.3, 0.4) is 0 Å². The van der Waals surface area contributed by atoms with Gasteiger partial charge in [-0.15, -0.1) is 0 Å². The standard InChI is InChI=1S/C27H30FN7O4/c1-38-23-13-21-22(14-24(23)39-15-20-6-3-7-34(20)8-9-36)30-16-31-27(21)35(19-5-2-4-17(28)10-19)26-12-18(32-33-26)11-25(29)37/h2,4-5,10,12-14,16,20,36H,3,6-9,11,15H2,1H3,(H2,29,37)(H,32,33)/t20-/m1/s1. The van der Waals surface area contributed by atoms with Gasteiger partial charge in [-0.2, -0.15) is 5.10 Å². The van der Waals surface area contributed by atoms with Gasteiger partial charge < -0.3 is 20.3 Å². The Morgan fingerprint density at radius 2 is 2.13 bits per heavy atom. The molecule has 0 bridgehead atoms. The largest absolute Gasteiger partial charge is 0.493 e. The van der Waals surface area contributed by atoms with E-state index in [2.05, 4.69) is 25.1 Å². The van der Waals surface area contributed by atoms with Crippen molar-refractivity contribution in [3.63, 3.8) is 0 Å². The first-order valence-electron chi connectivity index (χ1n) is 12.7. The van der Waals surface area contributed by atoms with E-state index in [9.17, 15) is 14.3 Å². The molecule has 0 saturated carbocycles. The van der Waals surface area contributed by atoms with Crippen molar-refractivity contribution in [3.05, 3.63) is 60.3 Å². The number of aromatic nitrogens is 4. The summed E-state index contributed by atoms with van der Waals surface area (Å²) in [7, 11) is 1.55. The number of hydrogen-bond donors (Lipinski definition) is 3. The third kappa shape index (κ3) is 5.76. The van der Waals surface area contributed by atoms with Gasteiger partial charge in [-0.1, -0.05) is 6.07 Å². The van der Waals surface area contributed by atoms with Crippen molar-refractivity contribution in [2.75, 3.05) is 38.3 Å². The van der Waals surface area contributed by atoms with Gasteiger partial charge in [0.05, 0.1) is 31.3 Å². The normalized spacial score (nSPS) is 15.5. The number of aromatic amines is 1. The number of H-pyrrole nitrogens is 1. The number of nitrogens with two attached hydrogens (primary N) is 1. The van der Waals surface area contributed by atoms with Gasteiger partial charge in [0.2, 0.25) is 5.91 Å². The molecular formula is C27H30FN7O4. The highest BCUT2D eigenvalue weighted by Gasteiger charge is 2.26. The second-order valence-electron chi connectivity index (χ2n) is 9.29. The van der Waals surface area contributed by atoms with Crippen LogP contribution in [0.25, 0.3) is 10.9 Å². The van der Waals surface area contributed by atoms with Crippen LogP contribution in [0.1, 0.15) is 18.5 Å². The Balaban J connectivity index is 1.54. The van der Waals surface area contributed by atoms with Gasteiger partial charge in [0.25, 0.3) is 0 Å². The second-order valence-corrected chi connectivity index (χ2v) is 9.29. The Morgan fingerprint density at radius 3 is 2.90 bits per heavy atom. The van der Waals surface area contributed by atoms with Gasteiger partial charge in [0.1, 0.15) is 24.6 Å². The number of aliphatic hydroxyl groups excluding tert-OH is 1. The number of nitrogens with zero attached hydrogens (tertiary/aromatic N) is 5. The first kappa shape index (κ1) is 26.3. The molecule has 0 spiro atoms. The number of hydrogen-bond acceptors (Lipinski definition) is 9. The predicted molar refractivity (Wildman–Crippen MR) is 143 cm³/mol.